The minimum atomic E-state index is -0.929. The molecule has 4 heteroatoms. The van der Waals surface area contributed by atoms with Crippen LogP contribution in [0.2, 0.25) is 0 Å². The first-order valence-corrected chi connectivity index (χ1v) is 5.12. The molecule has 0 unspecified atom stereocenters. The van der Waals surface area contributed by atoms with Crippen LogP contribution in [0.4, 0.5) is 0 Å². The van der Waals surface area contributed by atoms with Gasteiger partial charge in [-0.15, -0.1) is 0 Å². The predicted octanol–water partition coefficient (Wildman–Crippen LogP) is 2.68. The molecule has 0 bridgehead atoms. The van der Waals surface area contributed by atoms with Crippen molar-refractivity contribution in [2.45, 2.75) is 30.9 Å². The summed E-state index contributed by atoms with van der Waals surface area (Å²) in [6.45, 7) is 6.33. The molecule has 0 aliphatic heterocycles. The summed E-state index contributed by atoms with van der Waals surface area (Å²) in [6, 6.07) is 0. The number of alkyl halides is 2. The molecule has 0 aliphatic rings. The van der Waals surface area contributed by atoms with E-state index in [-0.39, 0.29) is 11.6 Å². The third-order valence-corrected chi connectivity index (χ3v) is 2.57. The van der Waals surface area contributed by atoms with Gasteiger partial charge in [0.05, 0.1) is 5.41 Å². The first kappa shape index (κ1) is 12.3. The minimum Gasteiger partial charge on any atom is -0.299 e. The molecule has 0 saturated carbocycles. The summed E-state index contributed by atoms with van der Waals surface area (Å²) in [6.07, 6.45) is 0. The Balaban J connectivity index is 4.83. The zero-order valence-electron chi connectivity index (χ0n) is 7.57. The Kier molecular flexibility index (Phi) is 3.67. The van der Waals surface area contributed by atoms with Crippen molar-refractivity contribution in [3.05, 3.63) is 0 Å². The number of carbonyl (C=O) groups excluding carboxylic acids is 2. The van der Waals surface area contributed by atoms with Gasteiger partial charge in [-0.3, -0.25) is 9.59 Å². The average Bonchev–Trinajstić information content (AvgIpc) is 1.83. The summed E-state index contributed by atoms with van der Waals surface area (Å²) < 4.78 is -0.810. The maximum Gasteiger partial charge on any atom is 0.172 e. The molecule has 0 aromatic rings. The quantitative estimate of drug-likeness (QED) is 0.593. The van der Waals surface area contributed by atoms with E-state index in [0.717, 1.165) is 0 Å². The van der Waals surface area contributed by atoms with Crippen LogP contribution in [0.1, 0.15) is 27.7 Å². The second-order valence-corrected chi connectivity index (χ2v) is 7.63. The monoisotopic (exact) mass is 298 g/mol. The minimum absolute atomic E-state index is 0.127. The zero-order valence-corrected chi connectivity index (χ0v) is 10.7. The molecule has 0 rings (SSSR count). The van der Waals surface area contributed by atoms with E-state index in [2.05, 4.69) is 31.9 Å². The Bertz CT molecular complexity index is 214. The fourth-order valence-corrected chi connectivity index (χ4v) is 1.70. The van der Waals surface area contributed by atoms with Crippen molar-refractivity contribution < 1.29 is 9.59 Å². The molecule has 0 aromatic heterocycles. The number of halogens is 2. The predicted molar refractivity (Wildman–Crippen MR) is 55.7 cm³/mol. The van der Waals surface area contributed by atoms with E-state index in [4.69, 9.17) is 0 Å². The molecule has 0 atom stereocenters. The van der Waals surface area contributed by atoms with E-state index in [9.17, 15) is 9.59 Å². The van der Waals surface area contributed by atoms with E-state index in [1.807, 2.05) is 0 Å². The summed E-state index contributed by atoms with van der Waals surface area (Å²) in [4.78, 5) is 22.7. The van der Waals surface area contributed by atoms with Crippen LogP contribution >= 0.6 is 31.9 Å². The lowest BCUT2D eigenvalue weighted by molar-refractivity contribution is -0.137. The lowest BCUT2D eigenvalue weighted by Crippen LogP contribution is -2.40. The highest BCUT2D eigenvalue weighted by Crippen LogP contribution is 2.35. The smallest absolute Gasteiger partial charge is 0.172 e. The van der Waals surface area contributed by atoms with Crippen molar-refractivity contribution in [3.8, 4) is 0 Å². The van der Waals surface area contributed by atoms with Gasteiger partial charge in [0.2, 0.25) is 0 Å². The summed E-state index contributed by atoms with van der Waals surface area (Å²) in [5.41, 5.74) is -0.929. The van der Waals surface area contributed by atoms with Crippen LogP contribution in [0.5, 0.6) is 0 Å². The highest BCUT2D eigenvalue weighted by Gasteiger charge is 2.41. The number of Topliss-reactive ketones (excluding diaryl/α,β-unsaturated/α-hetero) is 2. The zero-order chi connectivity index (χ0) is 10.2. The highest BCUT2D eigenvalue weighted by atomic mass is 79.9. The highest BCUT2D eigenvalue weighted by molar-refractivity contribution is 9.25. The van der Waals surface area contributed by atoms with Crippen molar-refractivity contribution in [2.75, 3.05) is 0 Å². The SMILES string of the molecule is CC(=O)C(C)(C)C(=O)C(C)(Br)Br. The maximum atomic E-state index is 11.6. The Morgan fingerprint density at radius 1 is 1.08 bits per heavy atom. The van der Waals surface area contributed by atoms with Gasteiger partial charge in [-0.25, -0.2) is 0 Å². The molecule has 0 amide bonds. The normalized spacial score (nSPS) is 12.8. The molecule has 70 valence electrons. The van der Waals surface area contributed by atoms with Gasteiger partial charge in [0, 0.05) is 0 Å². The second-order valence-electron chi connectivity index (χ2n) is 3.40. The molecule has 0 spiro atoms. The molecule has 0 aliphatic carbocycles. The number of hydrogen-bond acceptors (Lipinski definition) is 2. The molecule has 0 N–H and O–H groups in total. The van der Waals surface area contributed by atoms with Crippen LogP contribution in [0.3, 0.4) is 0 Å². The summed E-state index contributed by atoms with van der Waals surface area (Å²) in [5, 5.41) is 0. The maximum absolute atomic E-state index is 11.6. The Labute approximate surface area is 89.4 Å². The fraction of sp³-hybridized carbons (Fsp3) is 0.750. The number of ketones is 2. The van der Waals surface area contributed by atoms with Crippen LogP contribution in [-0.2, 0) is 9.59 Å². The summed E-state index contributed by atoms with van der Waals surface area (Å²) in [5.74, 6) is -0.292. The molecule has 12 heavy (non-hydrogen) atoms. The van der Waals surface area contributed by atoms with Gasteiger partial charge < -0.3 is 0 Å². The third-order valence-electron chi connectivity index (χ3n) is 1.85. The number of hydrogen-bond donors (Lipinski definition) is 0. The van der Waals surface area contributed by atoms with Gasteiger partial charge >= 0.3 is 0 Å². The van der Waals surface area contributed by atoms with Crippen LogP contribution in [0.15, 0.2) is 0 Å². The van der Waals surface area contributed by atoms with Crippen LogP contribution in [0.25, 0.3) is 0 Å². The number of carbonyl (C=O) groups is 2. The van der Waals surface area contributed by atoms with Gasteiger partial charge in [0.15, 0.2) is 5.78 Å². The molecule has 0 heterocycles. The summed E-state index contributed by atoms with van der Waals surface area (Å²) >= 11 is 6.33. The molecule has 2 nitrogen and oxygen atoms in total. The Morgan fingerprint density at radius 3 is 1.50 bits per heavy atom. The first-order valence-electron chi connectivity index (χ1n) is 3.54. The summed E-state index contributed by atoms with van der Waals surface area (Å²) in [7, 11) is 0. The van der Waals surface area contributed by atoms with Crippen molar-refractivity contribution in [3.63, 3.8) is 0 Å². The van der Waals surface area contributed by atoms with E-state index < -0.39 is 8.65 Å². The molecular formula is C8H12Br2O2. The van der Waals surface area contributed by atoms with E-state index in [1.54, 1.807) is 20.8 Å². The van der Waals surface area contributed by atoms with E-state index >= 15 is 0 Å². The lowest BCUT2D eigenvalue weighted by atomic mass is 9.83. The topological polar surface area (TPSA) is 34.1 Å². The lowest BCUT2D eigenvalue weighted by Gasteiger charge is -2.25. The third kappa shape index (κ3) is 2.66. The molecule has 0 fully saturated rings. The van der Waals surface area contributed by atoms with Gasteiger partial charge in [-0.05, 0) is 27.7 Å². The number of rotatable bonds is 3. The van der Waals surface area contributed by atoms with Gasteiger partial charge in [-0.1, -0.05) is 31.9 Å². The molecule has 0 aromatic carbocycles. The van der Waals surface area contributed by atoms with Crippen molar-refractivity contribution in [1.29, 1.82) is 0 Å². The largest absolute Gasteiger partial charge is 0.299 e. The van der Waals surface area contributed by atoms with Gasteiger partial charge in [0.1, 0.15) is 9.02 Å². The molecule has 0 saturated heterocycles. The van der Waals surface area contributed by atoms with Gasteiger partial charge in [-0.2, -0.15) is 0 Å². The molecular weight excluding hydrogens is 288 g/mol. The van der Waals surface area contributed by atoms with Crippen molar-refractivity contribution in [2.24, 2.45) is 5.41 Å². The van der Waals surface area contributed by atoms with Crippen molar-refractivity contribution in [1.82, 2.24) is 0 Å². The fourth-order valence-electron chi connectivity index (χ4n) is 0.709. The Hall–Kier alpha value is 0.300. The van der Waals surface area contributed by atoms with E-state index in [0.29, 0.717) is 0 Å². The van der Waals surface area contributed by atoms with E-state index in [1.165, 1.54) is 6.92 Å². The van der Waals surface area contributed by atoms with Crippen LogP contribution in [0, 0.1) is 5.41 Å². The van der Waals surface area contributed by atoms with Crippen molar-refractivity contribution >= 4 is 43.4 Å². The van der Waals surface area contributed by atoms with Crippen LogP contribution < -0.4 is 0 Å². The van der Waals surface area contributed by atoms with Crippen LogP contribution in [-0.4, -0.2) is 14.8 Å². The first-order chi connectivity index (χ1) is 5.10. The Morgan fingerprint density at radius 2 is 1.42 bits per heavy atom. The average molecular weight is 300 g/mol. The molecule has 0 radical (unpaired) electrons. The standard InChI is InChI=1S/C8H12Br2O2/c1-5(11)7(2,3)6(12)8(4,9)10/h1-4H3. The van der Waals surface area contributed by atoms with Gasteiger partial charge in [0.25, 0.3) is 0 Å². The second kappa shape index (κ2) is 3.58.